The van der Waals surface area contributed by atoms with E-state index in [2.05, 4.69) is 34.1 Å². The molecule has 1 aromatic carbocycles. The number of aliphatic hydroxyl groups is 1. The molecule has 2 nitrogen and oxygen atoms in total. The normalized spacial score (nSPS) is 28.2. The topological polar surface area (TPSA) is 44.0 Å². The highest BCUT2D eigenvalue weighted by atomic mass is 79.9. The van der Waals surface area contributed by atoms with Crippen LogP contribution < -0.4 is 0 Å². The smallest absolute Gasteiger partial charge is 0.0876 e. The van der Waals surface area contributed by atoms with Crippen LogP contribution in [-0.2, 0) is 12.8 Å². The Balaban J connectivity index is 1.94. The van der Waals surface area contributed by atoms with Gasteiger partial charge in [-0.2, -0.15) is 5.26 Å². The second-order valence-corrected chi connectivity index (χ2v) is 7.65. The van der Waals surface area contributed by atoms with E-state index in [1.165, 1.54) is 24.0 Å². The van der Waals surface area contributed by atoms with Gasteiger partial charge >= 0.3 is 0 Å². The van der Waals surface area contributed by atoms with Crippen molar-refractivity contribution in [1.29, 1.82) is 5.26 Å². The summed E-state index contributed by atoms with van der Waals surface area (Å²) in [7, 11) is 0. The summed E-state index contributed by atoms with van der Waals surface area (Å²) in [5, 5.41) is 21.2. The molecule has 21 heavy (non-hydrogen) atoms. The summed E-state index contributed by atoms with van der Waals surface area (Å²) in [5.41, 5.74) is 1.13. The number of fused-ring (bicyclic) bond motifs is 1. The zero-order valence-corrected chi connectivity index (χ0v) is 14.0. The first-order valence-electron chi connectivity index (χ1n) is 8.00. The Bertz CT molecular complexity index is 569. The zero-order chi connectivity index (χ0) is 14.9. The van der Waals surface area contributed by atoms with Crippen LogP contribution in [0.25, 0.3) is 0 Å². The first-order chi connectivity index (χ1) is 10.1. The van der Waals surface area contributed by atoms with Crippen LogP contribution in [0.15, 0.2) is 22.7 Å². The number of hydrogen-bond donors (Lipinski definition) is 1. The van der Waals surface area contributed by atoms with Gasteiger partial charge in [-0.3, -0.25) is 0 Å². The van der Waals surface area contributed by atoms with Gasteiger partial charge in [-0.1, -0.05) is 47.7 Å². The van der Waals surface area contributed by atoms with Crippen LogP contribution in [0, 0.1) is 16.7 Å². The predicted octanol–water partition coefficient (Wildman–Crippen LogP) is 4.53. The molecule has 1 aromatic rings. The maximum atomic E-state index is 11.4. The van der Waals surface area contributed by atoms with Crippen molar-refractivity contribution >= 4 is 15.9 Å². The van der Waals surface area contributed by atoms with Crippen LogP contribution in [0.3, 0.4) is 0 Å². The van der Waals surface area contributed by atoms with Gasteiger partial charge < -0.3 is 5.11 Å². The van der Waals surface area contributed by atoms with Crippen molar-refractivity contribution in [3.05, 3.63) is 33.8 Å². The molecule has 1 atom stereocenters. The predicted molar refractivity (Wildman–Crippen MR) is 86.9 cm³/mol. The maximum absolute atomic E-state index is 11.4. The van der Waals surface area contributed by atoms with Crippen molar-refractivity contribution < 1.29 is 5.11 Å². The molecular formula is C18H22BrNO. The minimum atomic E-state index is -0.854. The summed E-state index contributed by atoms with van der Waals surface area (Å²) in [6, 6.07) is 8.85. The Morgan fingerprint density at radius 3 is 2.43 bits per heavy atom. The van der Waals surface area contributed by atoms with Gasteiger partial charge in [-0.05, 0) is 48.9 Å². The molecule has 0 saturated heterocycles. The fourth-order valence-electron chi connectivity index (χ4n) is 4.17. The van der Waals surface area contributed by atoms with Gasteiger partial charge in [-0.25, -0.2) is 0 Å². The number of aryl methyl sites for hydroxylation is 1. The largest absolute Gasteiger partial charge is 0.388 e. The van der Waals surface area contributed by atoms with Crippen molar-refractivity contribution in [1.82, 2.24) is 0 Å². The van der Waals surface area contributed by atoms with Crippen molar-refractivity contribution in [2.24, 2.45) is 5.41 Å². The number of nitrogens with zero attached hydrogens (tertiary/aromatic N) is 1. The fourth-order valence-corrected chi connectivity index (χ4v) is 4.57. The quantitative estimate of drug-likeness (QED) is 0.758. The van der Waals surface area contributed by atoms with Gasteiger partial charge in [0.05, 0.1) is 17.1 Å². The Hall–Kier alpha value is -0.850. The highest BCUT2D eigenvalue weighted by Gasteiger charge is 2.51. The zero-order valence-electron chi connectivity index (χ0n) is 12.4. The van der Waals surface area contributed by atoms with Gasteiger partial charge in [0, 0.05) is 10.9 Å². The standard InChI is InChI=1S/C18H22BrNO/c19-16-6-5-15-12-18(21,10-7-14(15)11-16)17(13-20)8-3-1-2-4-9-17/h5-6,11,21H,1-4,7-10,12H2. The molecule has 0 amide bonds. The highest BCUT2D eigenvalue weighted by Crippen LogP contribution is 2.49. The Kier molecular flexibility index (Phi) is 4.12. The van der Waals surface area contributed by atoms with Crippen molar-refractivity contribution in [2.45, 2.75) is 63.4 Å². The Morgan fingerprint density at radius 1 is 1.05 bits per heavy atom. The molecule has 2 aliphatic rings. The number of benzene rings is 1. The van der Waals surface area contributed by atoms with Crippen molar-refractivity contribution in [3.8, 4) is 6.07 Å². The monoisotopic (exact) mass is 347 g/mol. The number of rotatable bonds is 1. The second kappa shape index (κ2) is 5.74. The van der Waals surface area contributed by atoms with E-state index in [0.29, 0.717) is 12.8 Å². The molecule has 3 heteroatoms. The van der Waals surface area contributed by atoms with Crippen LogP contribution in [-0.4, -0.2) is 10.7 Å². The Labute approximate surface area is 135 Å². The van der Waals surface area contributed by atoms with Gasteiger partial charge in [0.1, 0.15) is 0 Å². The van der Waals surface area contributed by atoms with Crippen LogP contribution in [0.1, 0.15) is 56.1 Å². The molecule has 0 radical (unpaired) electrons. The molecule has 2 aliphatic carbocycles. The number of halogens is 1. The summed E-state index contributed by atoms with van der Waals surface area (Å²) in [6.07, 6.45) is 8.46. The van der Waals surface area contributed by atoms with Crippen LogP contribution in [0.5, 0.6) is 0 Å². The number of nitriles is 1. The molecule has 0 spiro atoms. The lowest BCUT2D eigenvalue weighted by Crippen LogP contribution is -2.51. The molecule has 1 N–H and O–H groups in total. The van der Waals surface area contributed by atoms with E-state index in [0.717, 1.165) is 36.6 Å². The van der Waals surface area contributed by atoms with Gasteiger partial charge in [0.2, 0.25) is 0 Å². The van der Waals surface area contributed by atoms with Gasteiger partial charge in [-0.15, -0.1) is 0 Å². The van der Waals surface area contributed by atoms with E-state index in [1.807, 2.05) is 6.07 Å². The molecule has 112 valence electrons. The summed E-state index contributed by atoms with van der Waals surface area (Å²) >= 11 is 3.52. The third-order valence-corrected chi connectivity index (χ3v) is 6.01. The van der Waals surface area contributed by atoms with Crippen LogP contribution in [0.4, 0.5) is 0 Å². The van der Waals surface area contributed by atoms with E-state index in [1.54, 1.807) is 0 Å². The first-order valence-corrected chi connectivity index (χ1v) is 8.79. The highest BCUT2D eigenvalue weighted by molar-refractivity contribution is 9.10. The Morgan fingerprint density at radius 2 is 1.76 bits per heavy atom. The SMILES string of the molecule is N#CC1(C2(O)CCc3cc(Br)ccc3C2)CCCCCC1. The molecule has 0 aliphatic heterocycles. The molecular weight excluding hydrogens is 326 g/mol. The second-order valence-electron chi connectivity index (χ2n) is 6.73. The van der Waals surface area contributed by atoms with E-state index < -0.39 is 11.0 Å². The molecule has 3 rings (SSSR count). The summed E-state index contributed by atoms with van der Waals surface area (Å²) < 4.78 is 1.09. The summed E-state index contributed by atoms with van der Waals surface area (Å²) in [5.74, 6) is 0. The lowest BCUT2D eigenvalue weighted by atomic mass is 9.61. The summed E-state index contributed by atoms with van der Waals surface area (Å²) in [6.45, 7) is 0. The molecule has 1 fully saturated rings. The average Bonchev–Trinajstić information content (AvgIpc) is 2.74. The third-order valence-electron chi connectivity index (χ3n) is 5.52. The lowest BCUT2D eigenvalue weighted by molar-refractivity contribution is -0.0733. The molecule has 0 aromatic heterocycles. The molecule has 0 bridgehead atoms. The van der Waals surface area contributed by atoms with Crippen LogP contribution in [0.2, 0.25) is 0 Å². The summed E-state index contributed by atoms with van der Waals surface area (Å²) in [4.78, 5) is 0. The van der Waals surface area contributed by atoms with Gasteiger partial charge in [0.25, 0.3) is 0 Å². The van der Waals surface area contributed by atoms with E-state index in [4.69, 9.17) is 0 Å². The fraction of sp³-hybridized carbons (Fsp3) is 0.611. The van der Waals surface area contributed by atoms with Crippen LogP contribution >= 0.6 is 15.9 Å². The maximum Gasteiger partial charge on any atom is 0.0876 e. The minimum Gasteiger partial charge on any atom is -0.388 e. The van der Waals surface area contributed by atoms with Gasteiger partial charge in [0.15, 0.2) is 0 Å². The van der Waals surface area contributed by atoms with E-state index in [-0.39, 0.29) is 0 Å². The third kappa shape index (κ3) is 2.64. The number of hydrogen-bond acceptors (Lipinski definition) is 2. The molecule has 1 unspecified atom stereocenters. The molecule has 1 saturated carbocycles. The minimum absolute atomic E-state index is 0.547. The average molecular weight is 348 g/mol. The lowest BCUT2D eigenvalue weighted by Gasteiger charge is -2.45. The first kappa shape index (κ1) is 15.1. The van der Waals surface area contributed by atoms with E-state index in [9.17, 15) is 10.4 Å². The molecule has 0 heterocycles. The van der Waals surface area contributed by atoms with Crippen molar-refractivity contribution in [3.63, 3.8) is 0 Å². The van der Waals surface area contributed by atoms with E-state index >= 15 is 0 Å². The van der Waals surface area contributed by atoms with Crippen molar-refractivity contribution in [2.75, 3.05) is 0 Å².